The molecular formula is C16H28N2. The Labute approximate surface area is 112 Å². The Morgan fingerprint density at radius 3 is 2.61 bits per heavy atom. The largest absolute Gasteiger partial charge is 0.311 e. The molecule has 2 saturated carbocycles. The van der Waals surface area contributed by atoms with Gasteiger partial charge in [-0.25, -0.2) is 0 Å². The first-order chi connectivity index (χ1) is 8.70. The predicted octanol–water partition coefficient (Wildman–Crippen LogP) is 2.95. The summed E-state index contributed by atoms with van der Waals surface area (Å²) >= 11 is 0. The van der Waals surface area contributed by atoms with Crippen LogP contribution in [0.3, 0.4) is 0 Å². The fourth-order valence-electron chi connectivity index (χ4n) is 3.83. The van der Waals surface area contributed by atoms with E-state index in [1.54, 1.807) is 0 Å². The molecule has 0 aromatic carbocycles. The van der Waals surface area contributed by atoms with Crippen LogP contribution in [0.5, 0.6) is 0 Å². The first-order valence-electron chi connectivity index (χ1n) is 7.81. The van der Waals surface area contributed by atoms with Gasteiger partial charge < -0.3 is 5.32 Å². The number of hydrogen-bond acceptors (Lipinski definition) is 2. The van der Waals surface area contributed by atoms with E-state index in [1.807, 2.05) is 0 Å². The number of piperazine rings is 1. The molecule has 2 nitrogen and oxygen atoms in total. The van der Waals surface area contributed by atoms with Crippen LogP contribution in [0.4, 0.5) is 0 Å². The maximum atomic E-state index is 3.87. The van der Waals surface area contributed by atoms with Crippen LogP contribution in [0, 0.1) is 5.92 Å². The van der Waals surface area contributed by atoms with Crippen molar-refractivity contribution in [3.63, 3.8) is 0 Å². The van der Waals surface area contributed by atoms with Crippen LogP contribution in [0.1, 0.15) is 52.4 Å². The van der Waals surface area contributed by atoms with Gasteiger partial charge in [0, 0.05) is 31.2 Å². The Hall–Kier alpha value is -0.340. The lowest BCUT2D eigenvalue weighted by Gasteiger charge is -2.48. The molecule has 1 heterocycles. The van der Waals surface area contributed by atoms with E-state index >= 15 is 0 Å². The zero-order valence-electron chi connectivity index (χ0n) is 12.0. The van der Waals surface area contributed by atoms with Crippen LogP contribution in [0.25, 0.3) is 0 Å². The highest BCUT2D eigenvalue weighted by molar-refractivity contribution is 5.07. The number of nitrogens with one attached hydrogen (secondary N) is 1. The van der Waals surface area contributed by atoms with Gasteiger partial charge in [-0.15, -0.1) is 0 Å². The Kier molecular flexibility index (Phi) is 3.50. The zero-order valence-corrected chi connectivity index (χ0v) is 12.0. The van der Waals surface area contributed by atoms with Gasteiger partial charge >= 0.3 is 0 Å². The van der Waals surface area contributed by atoms with Crippen molar-refractivity contribution in [2.24, 2.45) is 5.92 Å². The Balaban J connectivity index is 1.70. The van der Waals surface area contributed by atoms with E-state index in [0.29, 0.717) is 5.54 Å². The molecule has 0 aromatic heterocycles. The van der Waals surface area contributed by atoms with Crippen molar-refractivity contribution in [1.82, 2.24) is 10.2 Å². The monoisotopic (exact) mass is 248 g/mol. The molecule has 102 valence electrons. The smallest absolute Gasteiger partial charge is 0.0338 e. The van der Waals surface area contributed by atoms with Crippen LogP contribution >= 0.6 is 0 Å². The number of rotatable bonds is 3. The van der Waals surface area contributed by atoms with Gasteiger partial charge in [-0.3, -0.25) is 4.90 Å². The van der Waals surface area contributed by atoms with Gasteiger partial charge in [0.1, 0.15) is 0 Å². The van der Waals surface area contributed by atoms with Gasteiger partial charge in [0.25, 0.3) is 0 Å². The molecule has 0 bridgehead atoms. The van der Waals surface area contributed by atoms with Crippen molar-refractivity contribution in [2.75, 3.05) is 19.6 Å². The molecule has 0 radical (unpaired) electrons. The minimum atomic E-state index is 0.497. The fourth-order valence-corrected chi connectivity index (χ4v) is 3.83. The molecule has 18 heavy (non-hydrogen) atoms. The third-order valence-corrected chi connectivity index (χ3v) is 5.23. The highest BCUT2D eigenvalue weighted by atomic mass is 15.3. The second-order valence-corrected chi connectivity index (χ2v) is 6.94. The van der Waals surface area contributed by atoms with Crippen molar-refractivity contribution in [2.45, 2.75) is 64.0 Å². The normalized spacial score (nSPS) is 31.8. The fraction of sp³-hybridized carbons (Fsp3) is 0.875. The second-order valence-electron chi connectivity index (χ2n) is 6.94. The lowest BCUT2D eigenvalue weighted by atomic mass is 9.90. The van der Waals surface area contributed by atoms with Crippen LogP contribution < -0.4 is 5.32 Å². The molecule has 0 aromatic rings. The van der Waals surface area contributed by atoms with Crippen molar-refractivity contribution < 1.29 is 0 Å². The average molecular weight is 248 g/mol. The van der Waals surface area contributed by atoms with E-state index in [9.17, 15) is 0 Å². The van der Waals surface area contributed by atoms with Crippen LogP contribution in [-0.4, -0.2) is 36.1 Å². The van der Waals surface area contributed by atoms with Crippen molar-refractivity contribution in [3.05, 3.63) is 11.6 Å². The first kappa shape index (κ1) is 12.7. The third kappa shape index (κ3) is 2.50. The van der Waals surface area contributed by atoms with Gasteiger partial charge in [0.2, 0.25) is 0 Å². The zero-order chi connectivity index (χ0) is 12.6. The number of allylic oxidation sites excluding steroid dienone is 1. The van der Waals surface area contributed by atoms with Crippen molar-refractivity contribution >= 4 is 0 Å². The summed E-state index contributed by atoms with van der Waals surface area (Å²) in [6, 6.07) is 0.779. The van der Waals surface area contributed by atoms with E-state index in [4.69, 9.17) is 0 Å². The quantitative estimate of drug-likeness (QED) is 0.773. The van der Waals surface area contributed by atoms with Gasteiger partial charge in [-0.05, 0) is 45.4 Å². The third-order valence-electron chi connectivity index (χ3n) is 5.23. The van der Waals surface area contributed by atoms with Gasteiger partial charge in [0.05, 0.1) is 0 Å². The first-order valence-corrected chi connectivity index (χ1v) is 7.81. The standard InChI is InChI=1S/C16H28N2/c1-13(2)7-10-18-11-15(14-5-6-14)17-12-16(18)8-3-4-9-16/h7,14-15,17H,3-6,8-12H2,1-2H3. The van der Waals surface area contributed by atoms with E-state index in [-0.39, 0.29) is 0 Å². The van der Waals surface area contributed by atoms with E-state index in [2.05, 4.69) is 30.1 Å². The number of nitrogens with zero attached hydrogens (tertiary/aromatic N) is 1. The maximum Gasteiger partial charge on any atom is 0.0338 e. The summed E-state index contributed by atoms with van der Waals surface area (Å²) in [7, 11) is 0. The lowest BCUT2D eigenvalue weighted by molar-refractivity contribution is 0.0491. The molecule has 2 aliphatic carbocycles. The average Bonchev–Trinajstić information content (AvgIpc) is 3.09. The van der Waals surface area contributed by atoms with E-state index in [1.165, 1.54) is 63.7 Å². The van der Waals surface area contributed by atoms with Crippen LogP contribution in [0.15, 0.2) is 11.6 Å². The molecule has 1 N–H and O–H groups in total. The summed E-state index contributed by atoms with van der Waals surface area (Å²) in [5.74, 6) is 0.984. The van der Waals surface area contributed by atoms with Crippen LogP contribution in [-0.2, 0) is 0 Å². The molecule has 1 atom stereocenters. The summed E-state index contributed by atoms with van der Waals surface area (Å²) in [4.78, 5) is 2.81. The highest BCUT2D eigenvalue weighted by Crippen LogP contribution is 2.41. The molecule has 3 aliphatic rings. The molecule has 1 spiro atoms. The lowest BCUT2D eigenvalue weighted by Crippen LogP contribution is -2.64. The van der Waals surface area contributed by atoms with Crippen molar-refractivity contribution in [1.29, 1.82) is 0 Å². The molecule has 1 aliphatic heterocycles. The van der Waals surface area contributed by atoms with Crippen molar-refractivity contribution in [3.8, 4) is 0 Å². The van der Waals surface area contributed by atoms with E-state index < -0.39 is 0 Å². The van der Waals surface area contributed by atoms with Gasteiger partial charge in [-0.2, -0.15) is 0 Å². The highest BCUT2D eigenvalue weighted by Gasteiger charge is 2.45. The summed E-state index contributed by atoms with van der Waals surface area (Å²) in [5.41, 5.74) is 1.96. The maximum absolute atomic E-state index is 3.87. The molecule has 2 heteroatoms. The van der Waals surface area contributed by atoms with Crippen LogP contribution in [0.2, 0.25) is 0 Å². The number of hydrogen-bond donors (Lipinski definition) is 1. The Morgan fingerprint density at radius 2 is 2.00 bits per heavy atom. The Morgan fingerprint density at radius 1 is 1.28 bits per heavy atom. The molecule has 0 amide bonds. The predicted molar refractivity (Wildman–Crippen MR) is 76.7 cm³/mol. The molecule has 3 rings (SSSR count). The molecule has 1 saturated heterocycles. The molecular weight excluding hydrogens is 220 g/mol. The second kappa shape index (κ2) is 4.97. The molecule has 1 unspecified atom stereocenters. The Bertz CT molecular complexity index is 320. The summed E-state index contributed by atoms with van der Waals surface area (Å²) in [6.07, 6.45) is 11.0. The minimum Gasteiger partial charge on any atom is -0.311 e. The van der Waals surface area contributed by atoms with E-state index in [0.717, 1.165) is 12.0 Å². The summed E-state index contributed by atoms with van der Waals surface area (Å²) in [6.45, 7) is 8.15. The molecule has 3 fully saturated rings. The summed E-state index contributed by atoms with van der Waals surface area (Å²) < 4.78 is 0. The van der Waals surface area contributed by atoms with Gasteiger partial charge in [-0.1, -0.05) is 24.5 Å². The van der Waals surface area contributed by atoms with Gasteiger partial charge in [0.15, 0.2) is 0 Å². The summed E-state index contributed by atoms with van der Waals surface area (Å²) in [5, 5.41) is 3.87. The topological polar surface area (TPSA) is 15.3 Å². The SMILES string of the molecule is CC(C)=CCN1CC(C2CC2)NCC12CCCC2. The minimum absolute atomic E-state index is 0.497.